The van der Waals surface area contributed by atoms with Gasteiger partial charge in [-0.3, -0.25) is 0 Å². The molecule has 0 atom stereocenters. The molecule has 1 aliphatic heterocycles. The van der Waals surface area contributed by atoms with Crippen LogP contribution in [0.25, 0.3) is 0 Å². The molecular formula is C17H35N3. The molecule has 1 heterocycles. The van der Waals surface area contributed by atoms with Crippen LogP contribution in [0.15, 0.2) is 0 Å². The summed E-state index contributed by atoms with van der Waals surface area (Å²) < 4.78 is 0. The van der Waals surface area contributed by atoms with E-state index in [0.717, 1.165) is 18.1 Å². The number of hydrogen-bond acceptors (Lipinski definition) is 3. The van der Waals surface area contributed by atoms with Crippen LogP contribution in [0, 0.1) is 0 Å². The van der Waals surface area contributed by atoms with Gasteiger partial charge in [0.25, 0.3) is 0 Å². The third-order valence-electron chi connectivity index (χ3n) is 5.54. The van der Waals surface area contributed by atoms with Gasteiger partial charge in [0.2, 0.25) is 0 Å². The van der Waals surface area contributed by atoms with E-state index >= 15 is 0 Å². The van der Waals surface area contributed by atoms with Gasteiger partial charge in [-0.1, -0.05) is 13.8 Å². The lowest BCUT2D eigenvalue weighted by molar-refractivity contribution is 0.0771. The second kappa shape index (κ2) is 8.35. The van der Waals surface area contributed by atoms with Crippen LogP contribution in [0.3, 0.4) is 0 Å². The van der Waals surface area contributed by atoms with Gasteiger partial charge in [0.1, 0.15) is 0 Å². The van der Waals surface area contributed by atoms with E-state index in [4.69, 9.17) is 0 Å². The van der Waals surface area contributed by atoms with E-state index in [9.17, 15) is 0 Å². The molecule has 1 aliphatic carbocycles. The predicted octanol–water partition coefficient (Wildman–Crippen LogP) is 2.71. The van der Waals surface area contributed by atoms with Crippen molar-refractivity contribution in [2.45, 2.75) is 76.9 Å². The zero-order chi connectivity index (χ0) is 14.4. The fourth-order valence-electron chi connectivity index (χ4n) is 3.98. The van der Waals surface area contributed by atoms with E-state index in [1.165, 1.54) is 71.1 Å². The zero-order valence-electron chi connectivity index (χ0n) is 13.9. The van der Waals surface area contributed by atoms with Crippen molar-refractivity contribution in [3.05, 3.63) is 0 Å². The highest BCUT2D eigenvalue weighted by Gasteiger charge is 2.29. The number of likely N-dealkylation sites (tertiary alicyclic amines) is 1. The summed E-state index contributed by atoms with van der Waals surface area (Å²) in [5.41, 5.74) is 0. The van der Waals surface area contributed by atoms with Gasteiger partial charge in [-0.2, -0.15) is 0 Å². The fraction of sp³-hybridized carbons (Fsp3) is 1.00. The van der Waals surface area contributed by atoms with Crippen LogP contribution in [0.1, 0.15) is 58.8 Å². The third kappa shape index (κ3) is 4.44. The molecular weight excluding hydrogens is 246 g/mol. The monoisotopic (exact) mass is 281 g/mol. The van der Waals surface area contributed by atoms with Crippen molar-refractivity contribution < 1.29 is 0 Å². The summed E-state index contributed by atoms with van der Waals surface area (Å²) in [7, 11) is 2.39. The van der Waals surface area contributed by atoms with Crippen molar-refractivity contribution in [2.24, 2.45) is 0 Å². The van der Waals surface area contributed by atoms with Crippen molar-refractivity contribution >= 4 is 0 Å². The maximum Gasteiger partial charge on any atom is 0.0119 e. The summed E-state index contributed by atoms with van der Waals surface area (Å²) in [5.74, 6) is 0. The smallest absolute Gasteiger partial charge is 0.0119 e. The van der Waals surface area contributed by atoms with Crippen LogP contribution in [0.2, 0.25) is 0 Å². The van der Waals surface area contributed by atoms with Gasteiger partial charge in [-0.15, -0.1) is 0 Å². The normalized spacial score (nSPS) is 30.0. The largest absolute Gasteiger partial charge is 0.314 e. The van der Waals surface area contributed by atoms with Gasteiger partial charge in [0.15, 0.2) is 0 Å². The van der Waals surface area contributed by atoms with Crippen LogP contribution in [0.4, 0.5) is 0 Å². The van der Waals surface area contributed by atoms with Crippen LogP contribution in [-0.4, -0.2) is 61.2 Å². The van der Waals surface area contributed by atoms with Crippen LogP contribution >= 0.6 is 0 Å². The quantitative estimate of drug-likeness (QED) is 0.807. The minimum absolute atomic E-state index is 0.793. The van der Waals surface area contributed by atoms with Gasteiger partial charge < -0.3 is 15.1 Å². The first-order chi connectivity index (χ1) is 9.74. The molecule has 2 fully saturated rings. The molecule has 0 aromatic rings. The highest BCUT2D eigenvalue weighted by Crippen LogP contribution is 2.26. The summed E-state index contributed by atoms with van der Waals surface area (Å²) >= 11 is 0. The first kappa shape index (κ1) is 16.3. The Kier molecular flexibility index (Phi) is 6.79. The summed E-state index contributed by atoms with van der Waals surface area (Å²) in [5, 5.41) is 3.70. The Hall–Kier alpha value is -0.120. The first-order valence-electron chi connectivity index (χ1n) is 8.92. The van der Waals surface area contributed by atoms with Crippen LogP contribution < -0.4 is 5.32 Å². The van der Waals surface area contributed by atoms with Gasteiger partial charge in [-0.25, -0.2) is 0 Å². The van der Waals surface area contributed by atoms with Gasteiger partial charge in [0, 0.05) is 18.1 Å². The van der Waals surface area contributed by atoms with E-state index in [0.29, 0.717) is 0 Å². The molecule has 0 amide bonds. The Labute approximate surface area is 126 Å². The molecule has 1 N–H and O–H groups in total. The average Bonchev–Trinajstić information content (AvgIpc) is 2.53. The van der Waals surface area contributed by atoms with Gasteiger partial charge in [0.05, 0.1) is 0 Å². The van der Waals surface area contributed by atoms with Crippen molar-refractivity contribution in [1.29, 1.82) is 0 Å². The molecule has 1 saturated carbocycles. The number of hydrogen-bond donors (Lipinski definition) is 1. The summed E-state index contributed by atoms with van der Waals surface area (Å²) in [6.45, 7) is 9.58. The Morgan fingerprint density at radius 3 is 2.10 bits per heavy atom. The molecule has 0 aromatic heterocycles. The summed E-state index contributed by atoms with van der Waals surface area (Å²) in [6.07, 6.45) is 9.55. The van der Waals surface area contributed by atoms with Gasteiger partial charge >= 0.3 is 0 Å². The molecule has 118 valence electrons. The third-order valence-corrected chi connectivity index (χ3v) is 5.54. The highest BCUT2D eigenvalue weighted by atomic mass is 15.2. The summed E-state index contributed by atoms with van der Waals surface area (Å²) in [6, 6.07) is 2.47. The minimum Gasteiger partial charge on any atom is -0.314 e. The number of nitrogens with one attached hydrogen (secondary N) is 1. The first-order valence-corrected chi connectivity index (χ1v) is 8.92. The maximum atomic E-state index is 3.70. The molecule has 20 heavy (non-hydrogen) atoms. The number of nitrogens with zero attached hydrogens (tertiary/aromatic N) is 2. The van der Waals surface area contributed by atoms with E-state index < -0.39 is 0 Å². The number of piperidine rings is 1. The molecule has 3 nitrogen and oxygen atoms in total. The molecule has 2 aliphatic rings. The Morgan fingerprint density at radius 1 is 0.950 bits per heavy atom. The molecule has 0 bridgehead atoms. The molecule has 0 spiro atoms. The Bertz CT molecular complexity index is 253. The van der Waals surface area contributed by atoms with Crippen molar-refractivity contribution in [3.8, 4) is 0 Å². The summed E-state index contributed by atoms with van der Waals surface area (Å²) in [4.78, 5) is 5.32. The topological polar surface area (TPSA) is 18.5 Å². The van der Waals surface area contributed by atoms with Crippen molar-refractivity contribution in [2.75, 3.05) is 33.2 Å². The SMILES string of the molecule is CCCNC1CCC(N(C)C2CCN(CC)CC2)CC1. The van der Waals surface area contributed by atoms with E-state index in [1.807, 2.05) is 0 Å². The average molecular weight is 281 g/mol. The second-order valence-corrected chi connectivity index (χ2v) is 6.79. The molecule has 0 aromatic carbocycles. The van der Waals surface area contributed by atoms with Crippen LogP contribution in [-0.2, 0) is 0 Å². The fourth-order valence-corrected chi connectivity index (χ4v) is 3.98. The highest BCUT2D eigenvalue weighted by molar-refractivity contribution is 4.86. The standard InChI is InChI=1S/C17H35N3/c1-4-12-18-15-6-8-16(9-7-15)19(3)17-10-13-20(5-2)14-11-17/h15-18H,4-14H2,1-3H3. The molecule has 3 heteroatoms. The second-order valence-electron chi connectivity index (χ2n) is 6.79. The zero-order valence-corrected chi connectivity index (χ0v) is 13.9. The molecule has 1 saturated heterocycles. The Morgan fingerprint density at radius 2 is 1.55 bits per heavy atom. The van der Waals surface area contributed by atoms with Crippen molar-refractivity contribution in [1.82, 2.24) is 15.1 Å². The predicted molar refractivity (Wildman–Crippen MR) is 87.2 cm³/mol. The maximum absolute atomic E-state index is 3.70. The van der Waals surface area contributed by atoms with E-state index in [-0.39, 0.29) is 0 Å². The molecule has 0 unspecified atom stereocenters. The van der Waals surface area contributed by atoms with E-state index in [1.54, 1.807) is 0 Å². The van der Waals surface area contributed by atoms with Crippen LogP contribution in [0.5, 0.6) is 0 Å². The minimum atomic E-state index is 0.793. The lowest BCUT2D eigenvalue weighted by Gasteiger charge is -2.42. The van der Waals surface area contributed by atoms with E-state index in [2.05, 4.69) is 36.0 Å². The molecule has 2 rings (SSSR count). The lowest BCUT2D eigenvalue weighted by atomic mass is 9.88. The van der Waals surface area contributed by atoms with Crippen molar-refractivity contribution in [3.63, 3.8) is 0 Å². The number of rotatable bonds is 6. The van der Waals surface area contributed by atoms with Gasteiger partial charge in [-0.05, 0) is 78.2 Å². The lowest BCUT2D eigenvalue weighted by Crippen LogP contribution is -2.49. The Balaban J connectivity index is 1.70. The molecule has 0 radical (unpaired) electrons.